The van der Waals surface area contributed by atoms with Gasteiger partial charge in [-0.1, -0.05) is 32.0 Å². The molecule has 6 atom stereocenters. The van der Waals surface area contributed by atoms with Gasteiger partial charge in [0.2, 0.25) is 17.7 Å². The Hall–Kier alpha value is -6.94. The van der Waals surface area contributed by atoms with Crippen LogP contribution in [0.15, 0.2) is 83.1 Å². The van der Waals surface area contributed by atoms with Crippen molar-refractivity contribution in [2.45, 2.75) is 147 Å². The number of ether oxygens (including phenoxy) is 3. The Labute approximate surface area is 464 Å². The molecule has 2 bridgehead atoms. The third-order valence-electron chi connectivity index (χ3n) is 16.6. The number of pyridine rings is 2. The molecule has 5 aromatic heterocycles. The van der Waals surface area contributed by atoms with Crippen molar-refractivity contribution < 1.29 is 38.5 Å². The molecule has 9 heterocycles. The van der Waals surface area contributed by atoms with Gasteiger partial charge < -0.3 is 54.7 Å². The Morgan fingerprint density at radius 3 is 2.37 bits per heavy atom. The zero-order chi connectivity index (χ0) is 55.1. The van der Waals surface area contributed by atoms with Gasteiger partial charge in [0.1, 0.15) is 30.4 Å². The van der Waals surface area contributed by atoms with Crippen LogP contribution >= 0.6 is 11.3 Å². The number of aromatic nitrogens is 6. The van der Waals surface area contributed by atoms with Gasteiger partial charge in [0, 0.05) is 105 Å². The first-order valence-electron chi connectivity index (χ1n) is 27.8. The molecule has 1 aliphatic carbocycles. The summed E-state index contributed by atoms with van der Waals surface area (Å²) in [5.41, 5.74) is 13.6. The van der Waals surface area contributed by atoms with Crippen molar-refractivity contribution in [1.82, 2.24) is 45.4 Å². The quantitative estimate of drug-likeness (QED) is 0.0658. The number of para-hydroxylation sites is 1. The number of phenols is 1. The lowest BCUT2D eigenvalue weighted by atomic mass is 9.91. The van der Waals surface area contributed by atoms with Crippen LogP contribution in [0.25, 0.3) is 21.8 Å². The van der Waals surface area contributed by atoms with Crippen LogP contribution in [-0.2, 0) is 14.3 Å². The van der Waals surface area contributed by atoms with Gasteiger partial charge in [-0.2, -0.15) is 0 Å². The van der Waals surface area contributed by atoms with Crippen molar-refractivity contribution >= 4 is 40.3 Å². The van der Waals surface area contributed by atoms with Crippen molar-refractivity contribution in [2.75, 3.05) is 54.9 Å². The van der Waals surface area contributed by atoms with E-state index in [0.29, 0.717) is 35.3 Å². The number of phenolic OH excluding ortho intramolecular Hbond substituents is 1. The van der Waals surface area contributed by atoms with Crippen molar-refractivity contribution in [1.29, 1.82) is 0 Å². The Bertz CT molecular complexity index is 3090. The number of nitrogens with zero attached hydrogens (tertiary/aromatic N) is 10. The number of fused-ring (bicyclic) bond motifs is 2. The third-order valence-corrected chi connectivity index (χ3v) is 17.6. The van der Waals surface area contributed by atoms with E-state index in [0.717, 1.165) is 97.9 Å². The minimum atomic E-state index is -0.858. The number of likely N-dealkylation sites (tertiary alicyclic amines) is 2. The highest BCUT2D eigenvalue weighted by atomic mass is 32.1. The molecule has 0 radical (unpaired) electrons. The fraction of sp³-hybridized carbons (Fsp3) is 0.517. The van der Waals surface area contributed by atoms with Crippen LogP contribution in [0.5, 0.6) is 17.5 Å². The first-order valence-corrected chi connectivity index (χ1v) is 28.7. The van der Waals surface area contributed by atoms with E-state index >= 15 is 0 Å². The van der Waals surface area contributed by atoms with Crippen LogP contribution in [0.1, 0.15) is 109 Å². The number of aromatic hydroxyl groups is 1. The fourth-order valence-corrected chi connectivity index (χ4v) is 12.9. The molecule has 5 N–H and O–H groups in total. The highest BCUT2D eigenvalue weighted by Gasteiger charge is 2.45. The molecule has 4 aliphatic heterocycles. The van der Waals surface area contributed by atoms with Gasteiger partial charge in [-0.3, -0.25) is 19.5 Å². The SMILES string of the molecule is Cc1ncsc1-c1ccc([C@H](C)NC(=O)[C@@H]2C[C@@H](O)CN2C(=O)[C@@H](c2cc(OCC(C)(C)N3CCC(O[C@H]4C[C@H](Oc5cc(N6C7CCC6CN(c6cc(-c8ccccc8O)nnc6N)C7)ccn5)C4)CC3)no2)C(C)C)cn1. The molecule has 20 nitrogen and oxygen atoms in total. The number of nitrogens with two attached hydrogens (primary N) is 1. The predicted molar refractivity (Wildman–Crippen MR) is 299 cm³/mol. The second-order valence-electron chi connectivity index (χ2n) is 23.0. The Kier molecular flexibility index (Phi) is 15.5. The average Bonchev–Trinajstić information content (AvgIpc) is 4.27. The topological polar surface area (TPSA) is 244 Å². The van der Waals surface area contributed by atoms with Crippen molar-refractivity contribution in [3.8, 4) is 39.3 Å². The molecule has 11 rings (SSSR count). The normalized spacial score (nSPS) is 23.4. The van der Waals surface area contributed by atoms with Crippen molar-refractivity contribution in [3.05, 3.63) is 95.6 Å². The zero-order valence-electron chi connectivity index (χ0n) is 45.8. The minimum absolute atomic E-state index is 0.0347. The summed E-state index contributed by atoms with van der Waals surface area (Å²) in [5, 5.41) is 37.1. The number of carbonyl (C=O) groups excluding carboxylic acids is 2. The van der Waals surface area contributed by atoms with Crippen molar-refractivity contribution in [2.24, 2.45) is 5.92 Å². The Balaban J connectivity index is 0.620. The van der Waals surface area contributed by atoms with Crippen molar-refractivity contribution in [3.63, 3.8) is 0 Å². The van der Waals surface area contributed by atoms with Gasteiger partial charge in [0.05, 0.1) is 57.5 Å². The number of anilines is 3. The standard InChI is InChI=1S/C58H72N12O8S/c1-33(2)53(57(74)69-30-40(71)22-48(69)56(73)63-34(3)36-11-14-45(61-27-36)54-35(4)62-32-79-54)50-26-52(66-78-50)75-31-58(5,6)68-19-16-41(17-20-68)76-42-23-43(24-42)77-51-21-37(15-18-60-51)70-38-12-13-39(70)29-67(28-38)47-25-46(64-65-55(47)59)44-9-7-8-10-49(44)72/h7-11,14-15,18,21,25-27,32-34,38-43,48,53,71-72H,12-13,16-17,19-20,22-24,28-31H2,1-6H3,(H2,59,65)(H,63,73)/t34-,38?,39?,40+,42-,43-,48-,53+/m0/s1. The Morgan fingerprint density at radius 1 is 0.886 bits per heavy atom. The summed E-state index contributed by atoms with van der Waals surface area (Å²) in [6.07, 6.45) is 8.79. The molecule has 5 aliphatic rings. The molecule has 2 amide bonds. The largest absolute Gasteiger partial charge is 0.507 e. The number of rotatable bonds is 18. The van der Waals surface area contributed by atoms with Gasteiger partial charge in [0.15, 0.2) is 11.6 Å². The van der Waals surface area contributed by atoms with Crippen LogP contribution in [0.2, 0.25) is 0 Å². The molecular formula is C58H72N12O8S. The van der Waals surface area contributed by atoms with Crippen LogP contribution in [0, 0.1) is 12.8 Å². The first-order chi connectivity index (χ1) is 38.0. The first kappa shape index (κ1) is 54.0. The maximum atomic E-state index is 14.3. The van der Waals surface area contributed by atoms with Gasteiger partial charge >= 0.3 is 0 Å². The number of benzene rings is 1. The van der Waals surface area contributed by atoms with E-state index in [4.69, 9.17) is 24.5 Å². The van der Waals surface area contributed by atoms with Gasteiger partial charge in [-0.05, 0) is 100 Å². The van der Waals surface area contributed by atoms with E-state index in [9.17, 15) is 19.8 Å². The van der Waals surface area contributed by atoms with E-state index in [2.05, 4.69) is 76.3 Å². The minimum Gasteiger partial charge on any atom is -0.507 e. The second-order valence-corrected chi connectivity index (χ2v) is 23.8. The molecule has 1 aromatic carbocycles. The fourth-order valence-electron chi connectivity index (χ4n) is 12.2. The van der Waals surface area contributed by atoms with E-state index in [1.165, 1.54) is 16.2 Å². The number of piperidine rings is 1. The summed E-state index contributed by atoms with van der Waals surface area (Å²) in [6, 6.07) is 18.1. The number of amides is 2. The van der Waals surface area contributed by atoms with Crippen LogP contribution < -0.4 is 30.3 Å². The molecule has 2 unspecified atom stereocenters. The molecule has 21 heteroatoms. The number of aliphatic hydroxyl groups excluding tert-OH is 1. The van der Waals surface area contributed by atoms with Crippen LogP contribution in [0.4, 0.5) is 17.2 Å². The maximum absolute atomic E-state index is 14.3. The lowest BCUT2D eigenvalue weighted by Gasteiger charge is -2.44. The number of piperazine rings is 1. The number of nitrogens with one attached hydrogen (secondary N) is 1. The van der Waals surface area contributed by atoms with Crippen LogP contribution in [0.3, 0.4) is 0 Å². The van der Waals surface area contributed by atoms with E-state index < -0.39 is 18.1 Å². The molecular weight excluding hydrogens is 1020 g/mol. The number of hydrogen-bond donors (Lipinski definition) is 4. The molecule has 79 heavy (non-hydrogen) atoms. The molecule has 0 spiro atoms. The maximum Gasteiger partial charge on any atom is 0.254 e. The summed E-state index contributed by atoms with van der Waals surface area (Å²) >= 11 is 1.53. The third kappa shape index (κ3) is 11.6. The number of aryl methyl sites for hydroxylation is 1. The lowest BCUT2D eigenvalue weighted by molar-refractivity contribution is -0.141. The van der Waals surface area contributed by atoms with E-state index in [-0.39, 0.29) is 84.3 Å². The van der Waals surface area contributed by atoms with E-state index in [1.807, 2.05) is 64.2 Å². The number of nitrogen functional groups attached to an aromatic ring is 1. The van der Waals surface area contributed by atoms with Gasteiger partial charge in [-0.15, -0.1) is 21.5 Å². The predicted octanol–water partition coefficient (Wildman–Crippen LogP) is 7.33. The summed E-state index contributed by atoms with van der Waals surface area (Å²) in [5.74, 6) is 0.206. The highest BCUT2D eigenvalue weighted by Crippen LogP contribution is 2.41. The number of thiazole rings is 1. The molecule has 1 saturated carbocycles. The number of hydrogen-bond acceptors (Lipinski definition) is 19. The summed E-state index contributed by atoms with van der Waals surface area (Å²) in [4.78, 5) is 51.4. The number of β-amino-alcohol motifs (C(OH)–C–C–N with tert-alkyl or cyclic N) is 1. The highest BCUT2D eigenvalue weighted by molar-refractivity contribution is 7.13. The monoisotopic (exact) mass is 1100 g/mol. The van der Waals surface area contributed by atoms with Gasteiger partial charge in [-0.25, -0.2) is 9.97 Å². The smallest absolute Gasteiger partial charge is 0.254 e. The molecule has 6 aromatic rings. The summed E-state index contributed by atoms with van der Waals surface area (Å²) in [7, 11) is 0. The van der Waals surface area contributed by atoms with Crippen LogP contribution in [-0.4, -0.2) is 150 Å². The molecule has 5 fully saturated rings. The average molecular weight is 1100 g/mol. The summed E-state index contributed by atoms with van der Waals surface area (Å²) in [6.45, 7) is 15.6. The lowest BCUT2D eigenvalue weighted by Crippen LogP contribution is -2.54. The van der Waals surface area contributed by atoms with Gasteiger partial charge in [0.25, 0.3) is 5.88 Å². The molecule has 4 saturated heterocycles. The number of aliphatic hydroxyl groups is 1. The Morgan fingerprint density at radius 2 is 1.66 bits per heavy atom. The number of carbonyl (C=O) groups is 2. The second kappa shape index (κ2) is 22.7. The summed E-state index contributed by atoms with van der Waals surface area (Å²) < 4.78 is 25.1. The molecule has 418 valence electrons. The zero-order valence-corrected chi connectivity index (χ0v) is 46.6. The van der Waals surface area contributed by atoms with E-state index in [1.54, 1.807) is 29.9 Å².